The maximum absolute atomic E-state index is 14.3. The number of benzene rings is 1. The van der Waals surface area contributed by atoms with E-state index in [1.165, 1.54) is 6.92 Å². The smallest absolute Gasteiger partial charge is 0.257 e. The Kier molecular flexibility index (Phi) is 8.59. The molecule has 37 heavy (non-hydrogen) atoms. The van der Waals surface area contributed by atoms with Crippen LogP contribution in [-0.4, -0.2) is 63.5 Å². The second kappa shape index (κ2) is 12.0. The van der Waals surface area contributed by atoms with Gasteiger partial charge < -0.3 is 24.6 Å². The molecule has 0 aliphatic carbocycles. The van der Waals surface area contributed by atoms with Gasteiger partial charge in [-0.25, -0.2) is 18.7 Å². The molecule has 0 saturated carbocycles. The molecule has 0 bridgehead atoms. The van der Waals surface area contributed by atoms with Crippen LogP contribution in [0.2, 0.25) is 0 Å². The van der Waals surface area contributed by atoms with E-state index in [9.17, 15) is 18.7 Å². The van der Waals surface area contributed by atoms with Crippen LogP contribution in [0.15, 0.2) is 29.0 Å². The third-order valence-corrected chi connectivity index (χ3v) is 6.15. The Morgan fingerprint density at radius 2 is 1.92 bits per heavy atom. The summed E-state index contributed by atoms with van der Waals surface area (Å²) in [6, 6.07) is 2.01. The number of aryl methyl sites for hydroxylation is 1. The van der Waals surface area contributed by atoms with Crippen LogP contribution in [0, 0.1) is 24.5 Å². The van der Waals surface area contributed by atoms with Crippen molar-refractivity contribution in [3.63, 3.8) is 0 Å². The fourth-order valence-corrected chi connectivity index (χ4v) is 4.18. The molecule has 4 rings (SSSR count). The van der Waals surface area contributed by atoms with Gasteiger partial charge in [-0.05, 0) is 38.5 Å². The highest BCUT2D eigenvalue weighted by molar-refractivity contribution is 5.94. The molecule has 1 aliphatic rings. The van der Waals surface area contributed by atoms with Gasteiger partial charge in [-0.15, -0.1) is 0 Å². The van der Waals surface area contributed by atoms with Crippen molar-refractivity contribution in [1.82, 2.24) is 25.4 Å². The molecule has 1 aliphatic heterocycles. The van der Waals surface area contributed by atoms with E-state index < -0.39 is 29.2 Å². The second-order valence-corrected chi connectivity index (χ2v) is 9.15. The van der Waals surface area contributed by atoms with E-state index in [1.807, 2.05) is 0 Å². The lowest BCUT2D eigenvalue weighted by Gasteiger charge is -2.32. The first kappa shape index (κ1) is 26.4. The summed E-state index contributed by atoms with van der Waals surface area (Å²) in [4.78, 5) is 27.2. The minimum Gasteiger partial charge on any atom is -0.493 e. The van der Waals surface area contributed by atoms with Crippen LogP contribution in [0.4, 0.5) is 14.7 Å². The van der Waals surface area contributed by atoms with Crippen molar-refractivity contribution in [3.05, 3.63) is 47.6 Å². The Bertz CT molecular complexity index is 1170. The molecular formula is C25H30F2N6O4. The number of nitrogens with one attached hydrogen (secondary N) is 1. The molecule has 0 spiro atoms. The standard InChI is InChI=1S/C25H30F2N6O4/c1-15(34)12-28-24(35)22-20(26)10-19(11-21(22)27)36-9-3-4-17-5-7-33(8-6-17)25-29-13-18(14-30-25)23-31-16(2)37-32-23/h10-11,13-15,17,34H,3-9,12H2,1-2H3,(H,28,35)/t15-/m1/s1. The van der Waals surface area contributed by atoms with Gasteiger partial charge in [0.1, 0.15) is 22.9 Å². The van der Waals surface area contributed by atoms with Gasteiger partial charge in [-0.2, -0.15) is 4.98 Å². The van der Waals surface area contributed by atoms with Gasteiger partial charge in [0.2, 0.25) is 17.7 Å². The van der Waals surface area contributed by atoms with E-state index in [2.05, 4.69) is 30.3 Å². The Hall–Kier alpha value is -3.67. The summed E-state index contributed by atoms with van der Waals surface area (Å²) in [6.45, 7) is 5.06. The van der Waals surface area contributed by atoms with E-state index in [-0.39, 0.29) is 12.3 Å². The molecule has 2 N–H and O–H groups in total. The van der Waals surface area contributed by atoms with E-state index in [0.29, 0.717) is 35.8 Å². The Balaban J connectivity index is 1.19. The predicted molar refractivity (Wildman–Crippen MR) is 130 cm³/mol. The molecule has 0 unspecified atom stereocenters. The van der Waals surface area contributed by atoms with E-state index in [4.69, 9.17) is 9.26 Å². The maximum Gasteiger partial charge on any atom is 0.257 e. The van der Waals surface area contributed by atoms with E-state index in [1.54, 1.807) is 19.3 Å². The molecular weight excluding hydrogens is 486 g/mol. The van der Waals surface area contributed by atoms with E-state index >= 15 is 0 Å². The average Bonchev–Trinajstić information content (AvgIpc) is 3.32. The topological polar surface area (TPSA) is 126 Å². The number of halogens is 2. The second-order valence-electron chi connectivity index (χ2n) is 9.15. The fourth-order valence-electron chi connectivity index (χ4n) is 4.18. The zero-order chi connectivity index (χ0) is 26.4. The summed E-state index contributed by atoms with van der Waals surface area (Å²) in [7, 11) is 0. The lowest BCUT2D eigenvalue weighted by molar-refractivity contribution is 0.0915. The molecule has 12 heteroatoms. The molecule has 2 aromatic heterocycles. The van der Waals surface area contributed by atoms with Gasteiger partial charge in [0, 0.05) is 51.1 Å². The molecule has 3 heterocycles. The van der Waals surface area contributed by atoms with Gasteiger partial charge >= 0.3 is 0 Å². The summed E-state index contributed by atoms with van der Waals surface area (Å²) in [6.07, 6.45) is 6.18. The third-order valence-electron chi connectivity index (χ3n) is 6.15. The van der Waals surface area contributed by atoms with Crippen molar-refractivity contribution in [2.75, 3.05) is 31.1 Å². The van der Waals surface area contributed by atoms with Crippen LogP contribution >= 0.6 is 0 Å². The van der Waals surface area contributed by atoms with Crippen molar-refractivity contribution in [2.24, 2.45) is 5.92 Å². The minimum atomic E-state index is -1.01. The van der Waals surface area contributed by atoms with Crippen molar-refractivity contribution < 1.29 is 27.9 Å². The van der Waals surface area contributed by atoms with Crippen molar-refractivity contribution >= 4 is 11.9 Å². The molecule has 1 aromatic carbocycles. The highest BCUT2D eigenvalue weighted by atomic mass is 19.1. The normalized spacial score (nSPS) is 15.0. The Morgan fingerprint density at radius 3 is 2.51 bits per heavy atom. The van der Waals surface area contributed by atoms with Crippen LogP contribution < -0.4 is 15.0 Å². The predicted octanol–water partition coefficient (Wildman–Crippen LogP) is 3.30. The summed E-state index contributed by atoms with van der Waals surface area (Å²) >= 11 is 0. The number of anilines is 1. The van der Waals surface area contributed by atoms with Crippen molar-refractivity contribution in [2.45, 2.75) is 45.6 Å². The third kappa shape index (κ3) is 6.97. The Morgan fingerprint density at radius 1 is 1.24 bits per heavy atom. The van der Waals surface area contributed by atoms with E-state index in [0.717, 1.165) is 50.9 Å². The number of hydrogen-bond donors (Lipinski definition) is 2. The molecule has 1 fully saturated rings. The molecule has 10 nitrogen and oxygen atoms in total. The largest absolute Gasteiger partial charge is 0.493 e. The number of amides is 1. The summed E-state index contributed by atoms with van der Waals surface area (Å²) in [5.41, 5.74) is 0.00720. The van der Waals surface area contributed by atoms with Crippen LogP contribution in [-0.2, 0) is 0 Å². The molecule has 1 amide bonds. The first-order valence-corrected chi connectivity index (χ1v) is 12.3. The molecule has 3 aromatic rings. The average molecular weight is 517 g/mol. The summed E-state index contributed by atoms with van der Waals surface area (Å²) in [5.74, 6) is -0.776. The monoisotopic (exact) mass is 516 g/mol. The maximum atomic E-state index is 14.3. The van der Waals surface area contributed by atoms with Crippen LogP contribution in [0.5, 0.6) is 5.75 Å². The van der Waals surface area contributed by atoms with Crippen LogP contribution in [0.1, 0.15) is 48.9 Å². The van der Waals surface area contributed by atoms with Gasteiger partial charge in [0.05, 0.1) is 18.3 Å². The lowest BCUT2D eigenvalue weighted by atomic mass is 9.92. The zero-order valence-corrected chi connectivity index (χ0v) is 20.8. The quantitative estimate of drug-likeness (QED) is 0.390. The van der Waals surface area contributed by atoms with Crippen LogP contribution in [0.3, 0.4) is 0 Å². The number of carbonyl (C=O) groups excluding carboxylic acids is 1. The molecule has 1 atom stereocenters. The number of carbonyl (C=O) groups is 1. The number of aliphatic hydroxyl groups is 1. The highest BCUT2D eigenvalue weighted by Crippen LogP contribution is 2.26. The molecule has 1 saturated heterocycles. The zero-order valence-electron chi connectivity index (χ0n) is 20.8. The van der Waals surface area contributed by atoms with Crippen LogP contribution in [0.25, 0.3) is 11.4 Å². The van der Waals surface area contributed by atoms with Gasteiger partial charge in [0.15, 0.2) is 0 Å². The number of piperidine rings is 1. The lowest BCUT2D eigenvalue weighted by Crippen LogP contribution is -2.34. The summed E-state index contributed by atoms with van der Waals surface area (Å²) in [5, 5.41) is 15.4. The molecule has 0 radical (unpaired) electrons. The van der Waals surface area contributed by atoms with Crippen molar-refractivity contribution in [3.8, 4) is 17.1 Å². The van der Waals surface area contributed by atoms with Gasteiger partial charge in [-0.3, -0.25) is 4.79 Å². The number of aromatic nitrogens is 4. The minimum absolute atomic E-state index is 0.0356. The number of rotatable bonds is 10. The number of nitrogens with zero attached hydrogens (tertiary/aromatic N) is 5. The van der Waals surface area contributed by atoms with Gasteiger partial charge in [-0.1, -0.05) is 5.16 Å². The number of aliphatic hydroxyl groups excluding tert-OH is 1. The van der Waals surface area contributed by atoms with Gasteiger partial charge in [0.25, 0.3) is 5.91 Å². The SMILES string of the molecule is Cc1nc(-c2cnc(N3CCC(CCCOc4cc(F)c(C(=O)NC[C@@H](C)O)c(F)c4)CC3)nc2)no1. The highest BCUT2D eigenvalue weighted by Gasteiger charge is 2.22. The number of hydrogen-bond acceptors (Lipinski definition) is 9. The fraction of sp³-hybridized carbons (Fsp3) is 0.480. The van der Waals surface area contributed by atoms with Crippen molar-refractivity contribution in [1.29, 1.82) is 0 Å². The number of ether oxygens (including phenoxy) is 1. The Labute approximate surface area is 213 Å². The summed E-state index contributed by atoms with van der Waals surface area (Å²) < 4.78 is 39.1. The molecule has 198 valence electrons. The first-order chi connectivity index (χ1) is 17.8. The first-order valence-electron chi connectivity index (χ1n) is 12.3.